The van der Waals surface area contributed by atoms with Crippen molar-refractivity contribution in [1.29, 1.82) is 0 Å². The van der Waals surface area contributed by atoms with Crippen molar-refractivity contribution < 1.29 is 29.0 Å². The molecule has 2 atom stereocenters. The zero-order valence-electron chi connectivity index (χ0n) is 25.6. The van der Waals surface area contributed by atoms with Gasteiger partial charge >= 0.3 is 12.0 Å². The largest absolute Gasteiger partial charge is 0.495 e. The van der Waals surface area contributed by atoms with Gasteiger partial charge in [0.15, 0.2) is 0 Å². The highest BCUT2D eigenvalue weighted by Gasteiger charge is 2.37. The summed E-state index contributed by atoms with van der Waals surface area (Å²) in [6.45, 7) is 7.79. The number of ether oxygens (including phenoxy) is 2. The molecule has 10 nitrogen and oxygen atoms in total. The van der Waals surface area contributed by atoms with Crippen LogP contribution in [0.3, 0.4) is 0 Å². The van der Waals surface area contributed by atoms with E-state index in [9.17, 15) is 14.4 Å². The summed E-state index contributed by atoms with van der Waals surface area (Å²) >= 11 is 0. The van der Waals surface area contributed by atoms with Crippen LogP contribution in [-0.2, 0) is 20.7 Å². The van der Waals surface area contributed by atoms with E-state index in [1.807, 2.05) is 42.2 Å². The van der Waals surface area contributed by atoms with Gasteiger partial charge in [0.25, 0.3) is 0 Å². The van der Waals surface area contributed by atoms with E-state index in [-0.39, 0.29) is 42.8 Å². The number of amides is 3. The van der Waals surface area contributed by atoms with Crippen LogP contribution in [0.5, 0.6) is 5.75 Å². The lowest BCUT2D eigenvalue weighted by molar-refractivity contribution is -0.138. The van der Waals surface area contributed by atoms with Gasteiger partial charge in [-0.2, -0.15) is 0 Å². The average molecular weight is 595 g/mol. The molecule has 0 saturated carbocycles. The lowest BCUT2D eigenvalue weighted by Gasteiger charge is -2.35. The first kappa shape index (κ1) is 32.3. The zero-order valence-corrected chi connectivity index (χ0v) is 25.6. The summed E-state index contributed by atoms with van der Waals surface area (Å²) in [6, 6.07) is 12.6. The number of likely N-dealkylation sites (tertiary alicyclic amines) is 2. The normalized spacial score (nSPS) is 19.3. The number of carbonyl (C=O) groups excluding carboxylic acids is 2. The Morgan fingerprint density at radius 3 is 2.49 bits per heavy atom. The second kappa shape index (κ2) is 15.7. The number of carboxylic acid groups (broad SMARTS) is 1. The number of rotatable bonds is 13. The first-order valence-corrected chi connectivity index (χ1v) is 15.4. The monoisotopic (exact) mass is 594 g/mol. The second-order valence-corrected chi connectivity index (χ2v) is 11.7. The van der Waals surface area contributed by atoms with E-state index in [4.69, 9.17) is 14.6 Å². The van der Waals surface area contributed by atoms with Gasteiger partial charge in [-0.05, 0) is 80.9 Å². The van der Waals surface area contributed by atoms with Gasteiger partial charge in [-0.15, -0.1) is 0 Å². The van der Waals surface area contributed by atoms with Gasteiger partial charge in [-0.25, -0.2) is 4.79 Å². The number of methoxy groups -OCH3 is 1. The zero-order chi connectivity index (χ0) is 30.8. The van der Waals surface area contributed by atoms with Crippen LogP contribution in [0.25, 0.3) is 0 Å². The molecule has 43 heavy (non-hydrogen) atoms. The lowest BCUT2D eigenvalue weighted by Crippen LogP contribution is -2.46. The van der Waals surface area contributed by atoms with Crippen LogP contribution >= 0.6 is 0 Å². The number of nitrogens with zero attached hydrogens (tertiary/aromatic N) is 2. The molecule has 2 fully saturated rings. The number of aryl methyl sites for hydroxylation is 1. The van der Waals surface area contributed by atoms with Gasteiger partial charge in [-0.3, -0.25) is 9.59 Å². The number of piperidine rings is 1. The molecule has 3 amide bonds. The highest BCUT2D eigenvalue weighted by Crippen LogP contribution is 2.29. The number of hydrogen-bond donors (Lipinski definition) is 3. The summed E-state index contributed by atoms with van der Waals surface area (Å²) in [6.07, 6.45) is 5.04. The fraction of sp³-hybridized carbons (Fsp3) is 0.545. The molecule has 0 aromatic heterocycles. The molecule has 2 aliphatic rings. The van der Waals surface area contributed by atoms with Crippen molar-refractivity contribution in [1.82, 2.24) is 9.80 Å². The van der Waals surface area contributed by atoms with E-state index in [2.05, 4.69) is 22.5 Å². The number of urea groups is 1. The van der Waals surface area contributed by atoms with Crippen LogP contribution < -0.4 is 15.4 Å². The average Bonchev–Trinajstić information content (AvgIpc) is 3.38. The van der Waals surface area contributed by atoms with E-state index in [0.29, 0.717) is 24.6 Å². The Labute approximate surface area is 254 Å². The Balaban J connectivity index is 1.38. The van der Waals surface area contributed by atoms with Crippen molar-refractivity contribution >= 4 is 29.3 Å². The maximum Gasteiger partial charge on any atom is 0.323 e. The number of nitrogens with one attached hydrogen (secondary N) is 2. The van der Waals surface area contributed by atoms with Gasteiger partial charge < -0.3 is 35.0 Å². The van der Waals surface area contributed by atoms with E-state index in [1.54, 1.807) is 19.2 Å². The van der Waals surface area contributed by atoms with Gasteiger partial charge in [-0.1, -0.05) is 37.6 Å². The fourth-order valence-electron chi connectivity index (χ4n) is 6.00. The third-order valence-corrected chi connectivity index (χ3v) is 8.45. The highest BCUT2D eigenvalue weighted by molar-refractivity contribution is 6.01. The van der Waals surface area contributed by atoms with E-state index in [1.165, 1.54) is 0 Å². The molecule has 0 unspecified atom stereocenters. The van der Waals surface area contributed by atoms with Crippen LogP contribution in [0.2, 0.25) is 0 Å². The van der Waals surface area contributed by atoms with Crippen LogP contribution in [0.4, 0.5) is 16.2 Å². The minimum absolute atomic E-state index is 0.0120. The number of unbranched alkanes of at least 4 members (excludes halogenated alkanes) is 1. The van der Waals surface area contributed by atoms with Crippen LogP contribution in [-0.4, -0.2) is 84.9 Å². The number of benzene rings is 2. The minimum Gasteiger partial charge on any atom is -0.495 e. The van der Waals surface area contributed by atoms with Crippen molar-refractivity contribution in [3.05, 3.63) is 53.6 Å². The summed E-state index contributed by atoms with van der Waals surface area (Å²) in [7, 11) is 1.54. The molecule has 4 rings (SSSR count). The molecule has 2 aliphatic heterocycles. The summed E-state index contributed by atoms with van der Waals surface area (Å²) in [5.74, 6) is 0.00542. The summed E-state index contributed by atoms with van der Waals surface area (Å²) in [5, 5.41) is 14.8. The van der Waals surface area contributed by atoms with Crippen molar-refractivity contribution in [2.24, 2.45) is 5.92 Å². The van der Waals surface area contributed by atoms with Crippen molar-refractivity contribution in [2.75, 3.05) is 50.5 Å². The van der Waals surface area contributed by atoms with Gasteiger partial charge in [0.05, 0.1) is 25.3 Å². The molecule has 3 N–H and O–H groups in total. The SMILES string of the molecule is CCCCO[C@@H]1C[C@@H](CN2CCC(CC(=O)O)CC2)N(C(=O)Cc2ccc(NC(=O)Nc3ccccc3C)c(OC)c2)C1. The maximum absolute atomic E-state index is 13.7. The topological polar surface area (TPSA) is 120 Å². The highest BCUT2D eigenvalue weighted by atomic mass is 16.5. The minimum atomic E-state index is -0.732. The molecule has 2 heterocycles. The Kier molecular flexibility index (Phi) is 11.8. The predicted octanol–water partition coefficient (Wildman–Crippen LogP) is 5.16. The van der Waals surface area contributed by atoms with Crippen molar-refractivity contribution in [3.63, 3.8) is 0 Å². The molecule has 0 bridgehead atoms. The Morgan fingerprint density at radius 2 is 1.79 bits per heavy atom. The van der Waals surface area contributed by atoms with Crippen LogP contribution in [0, 0.1) is 12.8 Å². The Bertz CT molecular complexity index is 1250. The Morgan fingerprint density at radius 1 is 1.05 bits per heavy atom. The van der Waals surface area contributed by atoms with Gasteiger partial charge in [0.1, 0.15) is 5.75 Å². The van der Waals surface area contributed by atoms with E-state index >= 15 is 0 Å². The number of anilines is 2. The Hall–Kier alpha value is -3.63. The quantitative estimate of drug-likeness (QED) is 0.274. The number of carbonyl (C=O) groups is 3. The molecular formula is C33H46N4O6. The second-order valence-electron chi connectivity index (χ2n) is 11.7. The number of aliphatic carboxylic acids is 1. The fourth-order valence-corrected chi connectivity index (χ4v) is 6.00. The maximum atomic E-state index is 13.7. The van der Waals surface area contributed by atoms with Crippen molar-refractivity contribution in [3.8, 4) is 5.75 Å². The van der Waals surface area contributed by atoms with Gasteiger partial charge in [0, 0.05) is 37.8 Å². The molecule has 2 aromatic carbocycles. The summed E-state index contributed by atoms with van der Waals surface area (Å²) in [4.78, 5) is 41.8. The number of para-hydroxylation sites is 1. The number of hydrogen-bond acceptors (Lipinski definition) is 6. The van der Waals surface area contributed by atoms with E-state index in [0.717, 1.165) is 68.6 Å². The first-order chi connectivity index (χ1) is 20.7. The van der Waals surface area contributed by atoms with Crippen LogP contribution in [0.15, 0.2) is 42.5 Å². The van der Waals surface area contributed by atoms with E-state index < -0.39 is 5.97 Å². The summed E-state index contributed by atoms with van der Waals surface area (Å²) in [5.41, 5.74) is 3.00. The molecular weight excluding hydrogens is 548 g/mol. The lowest BCUT2D eigenvalue weighted by atomic mass is 9.93. The van der Waals surface area contributed by atoms with Gasteiger partial charge in [0.2, 0.25) is 5.91 Å². The van der Waals surface area contributed by atoms with Crippen molar-refractivity contribution in [2.45, 2.75) is 70.9 Å². The molecule has 234 valence electrons. The molecule has 0 radical (unpaired) electrons. The third kappa shape index (κ3) is 9.43. The summed E-state index contributed by atoms with van der Waals surface area (Å²) < 4.78 is 11.7. The molecule has 0 aliphatic carbocycles. The molecule has 2 aromatic rings. The molecule has 10 heteroatoms. The predicted molar refractivity (Wildman–Crippen MR) is 167 cm³/mol. The third-order valence-electron chi connectivity index (χ3n) is 8.45. The smallest absolute Gasteiger partial charge is 0.323 e. The standard InChI is InChI=1S/C33H46N4O6/c1-4-5-16-43-27-20-26(21-36-14-12-24(13-15-36)19-32(39)40)37(22-27)31(38)18-25-10-11-29(30(17-25)42-3)35-33(41)34-28-9-7-6-8-23(28)2/h6-11,17,24,26-27H,4-5,12-16,18-22H2,1-3H3,(H,39,40)(H2,34,35,41)/t26-,27+/m0/s1. The van der Waals surface area contributed by atoms with Crippen LogP contribution in [0.1, 0.15) is 56.6 Å². The molecule has 2 saturated heterocycles. The first-order valence-electron chi connectivity index (χ1n) is 15.4. The molecule has 0 spiro atoms. The number of carboxylic acids is 1.